The third kappa shape index (κ3) is 5.60. The summed E-state index contributed by atoms with van der Waals surface area (Å²) in [6.45, 7) is 2.59. The van der Waals surface area contributed by atoms with Gasteiger partial charge in [0, 0.05) is 6.42 Å². The average molecular weight is 210 g/mol. The molecule has 0 radical (unpaired) electrons. The number of unbranched alkanes of at least 4 members (excludes halogenated alkanes) is 1. The Bertz CT molecular complexity index is 203. The van der Waals surface area contributed by atoms with Crippen LogP contribution in [0.1, 0.15) is 51.9 Å². The van der Waals surface area contributed by atoms with Crippen molar-refractivity contribution in [3.63, 3.8) is 0 Å². The molecule has 1 aliphatic carbocycles. The molecule has 2 heteroatoms. The van der Waals surface area contributed by atoms with E-state index in [2.05, 4.69) is 13.0 Å². The van der Waals surface area contributed by atoms with E-state index in [1.54, 1.807) is 0 Å². The van der Waals surface area contributed by atoms with Gasteiger partial charge in [0.1, 0.15) is 6.61 Å². The van der Waals surface area contributed by atoms with E-state index in [-0.39, 0.29) is 5.97 Å². The van der Waals surface area contributed by atoms with Gasteiger partial charge in [0.05, 0.1) is 0 Å². The molecule has 0 spiro atoms. The minimum Gasteiger partial charge on any atom is -0.461 e. The van der Waals surface area contributed by atoms with Crippen LogP contribution in [-0.2, 0) is 9.53 Å². The SMILES string of the molecule is CCC/C=C/COC(=O)CC1CCCC1. The van der Waals surface area contributed by atoms with Gasteiger partial charge in [0.15, 0.2) is 0 Å². The van der Waals surface area contributed by atoms with Crippen LogP contribution in [-0.4, -0.2) is 12.6 Å². The van der Waals surface area contributed by atoms with Crippen molar-refractivity contribution in [2.75, 3.05) is 6.61 Å². The standard InChI is InChI=1S/C13H22O2/c1-2-3-4-7-10-15-13(14)11-12-8-5-6-9-12/h4,7,12H,2-3,5-6,8-11H2,1H3/b7-4+. The van der Waals surface area contributed by atoms with Gasteiger partial charge in [-0.2, -0.15) is 0 Å². The van der Waals surface area contributed by atoms with E-state index in [4.69, 9.17) is 4.74 Å². The zero-order valence-corrected chi connectivity index (χ0v) is 9.71. The Balaban J connectivity index is 2.02. The molecule has 1 aliphatic rings. The summed E-state index contributed by atoms with van der Waals surface area (Å²) in [6, 6.07) is 0. The predicted molar refractivity (Wildman–Crippen MR) is 61.6 cm³/mol. The van der Waals surface area contributed by atoms with E-state index in [1.165, 1.54) is 25.7 Å². The predicted octanol–water partition coefficient (Wildman–Crippen LogP) is 3.47. The molecule has 0 saturated heterocycles. The number of ether oxygens (including phenoxy) is 1. The summed E-state index contributed by atoms with van der Waals surface area (Å²) in [5.74, 6) is 0.570. The van der Waals surface area contributed by atoms with Gasteiger partial charge in [-0.1, -0.05) is 38.3 Å². The minimum absolute atomic E-state index is 0.0250. The number of carbonyl (C=O) groups is 1. The fourth-order valence-corrected chi connectivity index (χ4v) is 2.00. The Morgan fingerprint density at radius 2 is 2.07 bits per heavy atom. The first-order valence-electron chi connectivity index (χ1n) is 6.13. The van der Waals surface area contributed by atoms with Crippen LogP contribution in [0.5, 0.6) is 0 Å². The highest BCUT2D eigenvalue weighted by Gasteiger charge is 2.18. The molecule has 1 rings (SSSR count). The monoisotopic (exact) mass is 210 g/mol. The van der Waals surface area contributed by atoms with Crippen molar-refractivity contribution in [3.05, 3.63) is 12.2 Å². The summed E-state index contributed by atoms with van der Waals surface area (Å²) in [5.41, 5.74) is 0. The molecule has 86 valence electrons. The highest BCUT2D eigenvalue weighted by atomic mass is 16.5. The Hall–Kier alpha value is -0.790. The third-order valence-electron chi connectivity index (χ3n) is 2.89. The summed E-state index contributed by atoms with van der Waals surface area (Å²) < 4.78 is 5.12. The lowest BCUT2D eigenvalue weighted by Crippen LogP contribution is -2.09. The molecule has 0 aromatic rings. The van der Waals surface area contributed by atoms with E-state index < -0.39 is 0 Å². The van der Waals surface area contributed by atoms with Crippen LogP contribution < -0.4 is 0 Å². The molecule has 0 heterocycles. The average Bonchev–Trinajstić information content (AvgIpc) is 2.70. The van der Waals surface area contributed by atoms with E-state index in [0.717, 1.165) is 12.8 Å². The zero-order valence-electron chi connectivity index (χ0n) is 9.71. The number of carbonyl (C=O) groups excluding carboxylic acids is 1. The normalized spacial score (nSPS) is 17.4. The molecular formula is C13H22O2. The van der Waals surface area contributed by atoms with Gasteiger partial charge in [0.2, 0.25) is 0 Å². The number of rotatable bonds is 6. The first-order valence-corrected chi connectivity index (χ1v) is 6.13. The van der Waals surface area contributed by atoms with Crippen molar-refractivity contribution < 1.29 is 9.53 Å². The fraction of sp³-hybridized carbons (Fsp3) is 0.769. The van der Waals surface area contributed by atoms with Crippen molar-refractivity contribution in [1.29, 1.82) is 0 Å². The van der Waals surface area contributed by atoms with E-state index in [0.29, 0.717) is 18.9 Å². The second-order valence-electron chi connectivity index (χ2n) is 4.30. The van der Waals surface area contributed by atoms with Gasteiger partial charge in [-0.3, -0.25) is 4.79 Å². The van der Waals surface area contributed by atoms with Gasteiger partial charge < -0.3 is 4.74 Å². The van der Waals surface area contributed by atoms with Crippen LogP contribution in [0.15, 0.2) is 12.2 Å². The van der Waals surface area contributed by atoms with Crippen LogP contribution in [0.4, 0.5) is 0 Å². The molecule has 2 nitrogen and oxygen atoms in total. The van der Waals surface area contributed by atoms with Crippen LogP contribution in [0.3, 0.4) is 0 Å². The van der Waals surface area contributed by atoms with Crippen LogP contribution in [0, 0.1) is 5.92 Å². The number of allylic oxidation sites excluding steroid dienone is 1. The van der Waals surface area contributed by atoms with Gasteiger partial charge in [-0.25, -0.2) is 0 Å². The van der Waals surface area contributed by atoms with E-state index in [1.807, 2.05) is 6.08 Å². The molecule has 1 saturated carbocycles. The molecule has 1 fully saturated rings. The fourth-order valence-electron chi connectivity index (χ4n) is 2.00. The van der Waals surface area contributed by atoms with Crippen molar-refractivity contribution in [2.24, 2.45) is 5.92 Å². The molecule has 0 aromatic carbocycles. The summed E-state index contributed by atoms with van der Waals surface area (Å²) in [4.78, 5) is 11.4. The summed E-state index contributed by atoms with van der Waals surface area (Å²) >= 11 is 0. The number of hydrogen-bond acceptors (Lipinski definition) is 2. The maximum atomic E-state index is 11.4. The summed E-state index contributed by atoms with van der Waals surface area (Å²) in [7, 11) is 0. The maximum Gasteiger partial charge on any atom is 0.306 e. The number of esters is 1. The van der Waals surface area contributed by atoms with Gasteiger partial charge in [0.25, 0.3) is 0 Å². The highest BCUT2D eigenvalue weighted by Crippen LogP contribution is 2.27. The van der Waals surface area contributed by atoms with Crippen LogP contribution in [0.25, 0.3) is 0 Å². The lowest BCUT2D eigenvalue weighted by molar-refractivity contribution is -0.143. The second-order valence-corrected chi connectivity index (χ2v) is 4.30. The summed E-state index contributed by atoms with van der Waals surface area (Å²) in [6.07, 6.45) is 11.8. The Morgan fingerprint density at radius 3 is 2.73 bits per heavy atom. The maximum absolute atomic E-state index is 11.4. The van der Waals surface area contributed by atoms with E-state index >= 15 is 0 Å². The van der Waals surface area contributed by atoms with Crippen LogP contribution >= 0.6 is 0 Å². The molecule has 0 aliphatic heterocycles. The molecule has 0 bridgehead atoms. The van der Waals surface area contributed by atoms with E-state index in [9.17, 15) is 4.79 Å². The quantitative estimate of drug-likeness (QED) is 0.495. The first-order chi connectivity index (χ1) is 7.33. The van der Waals surface area contributed by atoms with Gasteiger partial charge in [-0.05, 0) is 25.2 Å². The smallest absolute Gasteiger partial charge is 0.306 e. The van der Waals surface area contributed by atoms with Gasteiger partial charge >= 0.3 is 5.97 Å². The lowest BCUT2D eigenvalue weighted by atomic mass is 10.1. The first kappa shape index (κ1) is 12.3. The molecule has 0 N–H and O–H groups in total. The molecule has 0 amide bonds. The molecular weight excluding hydrogens is 188 g/mol. The van der Waals surface area contributed by atoms with Crippen LogP contribution in [0.2, 0.25) is 0 Å². The largest absolute Gasteiger partial charge is 0.461 e. The number of hydrogen-bond donors (Lipinski definition) is 0. The summed E-state index contributed by atoms with van der Waals surface area (Å²) in [5, 5.41) is 0. The Kier molecular flexibility index (Phi) is 6.14. The van der Waals surface area contributed by atoms with Crippen molar-refractivity contribution in [1.82, 2.24) is 0 Å². The van der Waals surface area contributed by atoms with Crippen molar-refractivity contribution in [2.45, 2.75) is 51.9 Å². The molecule has 0 unspecified atom stereocenters. The molecule has 15 heavy (non-hydrogen) atoms. The highest BCUT2D eigenvalue weighted by molar-refractivity contribution is 5.69. The lowest BCUT2D eigenvalue weighted by Gasteiger charge is -2.07. The minimum atomic E-state index is -0.0250. The van der Waals surface area contributed by atoms with Crippen molar-refractivity contribution >= 4 is 5.97 Å². The molecule has 0 aromatic heterocycles. The zero-order chi connectivity index (χ0) is 10.9. The van der Waals surface area contributed by atoms with Crippen molar-refractivity contribution in [3.8, 4) is 0 Å². The van der Waals surface area contributed by atoms with Gasteiger partial charge in [-0.15, -0.1) is 0 Å². The Morgan fingerprint density at radius 1 is 1.33 bits per heavy atom. The Labute approximate surface area is 92.7 Å². The topological polar surface area (TPSA) is 26.3 Å². The third-order valence-corrected chi connectivity index (χ3v) is 2.89. The second kappa shape index (κ2) is 7.49. The molecule has 0 atom stereocenters.